The molecular formula is C17H16N6. The second kappa shape index (κ2) is 5.24. The maximum Gasteiger partial charge on any atom is 0.234 e. The third-order valence-electron chi connectivity index (χ3n) is 3.69. The van der Waals surface area contributed by atoms with E-state index in [9.17, 15) is 0 Å². The molecular weight excluding hydrogens is 288 g/mol. The van der Waals surface area contributed by atoms with Crippen LogP contribution in [0.15, 0.2) is 48.9 Å². The lowest BCUT2D eigenvalue weighted by Crippen LogP contribution is -1.94. The summed E-state index contributed by atoms with van der Waals surface area (Å²) in [5.41, 5.74) is 4.07. The fourth-order valence-corrected chi connectivity index (χ4v) is 2.61. The van der Waals surface area contributed by atoms with Gasteiger partial charge in [-0.15, -0.1) is 0 Å². The normalized spacial score (nSPS) is 11.0. The third kappa shape index (κ3) is 2.44. The molecule has 6 heteroatoms. The average Bonchev–Trinajstić information content (AvgIpc) is 3.12. The predicted octanol–water partition coefficient (Wildman–Crippen LogP) is 3.48. The Balaban J connectivity index is 1.69. The van der Waals surface area contributed by atoms with Crippen LogP contribution in [0.25, 0.3) is 17.2 Å². The van der Waals surface area contributed by atoms with Crippen LogP contribution in [0, 0.1) is 13.8 Å². The minimum atomic E-state index is 0.698. The molecule has 0 atom stereocenters. The van der Waals surface area contributed by atoms with Crippen LogP contribution in [-0.4, -0.2) is 24.3 Å². The molecule has 4 heterocycles. The van der Waals surface area contributed by atoms with Crippen LogP contribution < -0.4 is 5.32 Å². The zero-order valence-corrected chi connectivity index (χ0v) is 12.9. The van der Waals surface area contributed by atoms with E-state index < -0.39 is 0 Å². The van der Waals surface area contributed by atoms with E-state index in [1.165, 1.54) is 0 Å². The number of pyridine rings is 1. The van der Waals surface area contributed by atoms with Crippen molar-refractivity contribution in [2.45, 2.75) is 13.8 Å². The first-order valence-electron chi connectivity index (χ1n) is 7.39. The number of aromatic nitrogens is 5. The predicted molar refractivity (Wildman–Crippen MR) is 89.8 cm³/mol. The number of nitrogens with one attached hydrogen (secondary N) is 2. The van der Waals surface area contributed by atoms with Gasteiger partial charge in [0, 0.05) is 18.6 Å². The number of H-pyrrole nitrogens is 1. The van der Waals surface area contributed by atoms with E-state index in [0.29, 0.717) is 5.78 Å². The average molecular weight is 304 g/mol. The van der Waals surface area contributed by atoms with Crippen molar-refractivity contribution >= 4 is 17.4 Å². The molecule has 0 bridgehead atoms. The van der Waals surface area contributed by atoms with Gasteiger partial charge >= 0.3 is 0 Å². The first-order chi connectivity index (χ1) is 11.2. The standard InChI is InChI=1S/C17H16N6/c1-11-4-6-14(19-10-11)22-15-7-5-13(21-15)16-12(2)20-17-18-8-3-9-23(16)17/h3-10,21H,1-2H3,(H,19,22). The van der Waals surface area contributed by atoms with Crippen molar-refractivity contribution in [3.05, 3.63) is 60.2 Å². The second-order valence-electron chi connectivity index (χ2n) is 5.47. The molecule has 0 aliphatic rings. The summed E-state index contributed by atoms with van der Waals surface area (Å²) in [6, 6.07) is 9.90. The summed E-state index contributed by atoms with van der Waals surface area (Å²) in [6.45, 7) is 4.00. The van der Waals surface area contributed by atoms with Crippen molar-refractivity contribution in [1.29, 1.82) is 0 Å². The van der Waals surface area contributed by atoms with Crippen molar-refractivity contribution in [2.75, 3.05) is 5.32 Å². The minimum absolute atomic E-state index is 0.698. The van der Waals surface area contributed by atoms with E-state index in [1.807, 2.05) is 61.0 Å². The fourth-order valence-electron chi connectivity index (χ4n) is 2.61. The van der Waals surface area contributed by atoms with Crippen molar-refractivity contribution in [3.63, 3.8) is 0 Å². The maximum atomic E-state index is 4.49. The molecule has 0 saturated heterocycles. The lowest BCUT2D eigenvalue weighted by atomic mass is 10.2. The van der Waals surface area contributed by atoms with Gasteiger partial charge in [-0.3, -0.25) is 4.40 Å². The van der Waals surface area contributed by atoms with Crippen LogP contribution in [0.1, 0.15) is 11.3 Å². The number of aromatic amines is 1. The van der Waals surface area contributed by atoms with Gasteiger partial charge in [-0.05, 0) is 43.7 Å². The zero-order valence-electron chi connectivity index (χ0n) is 12.9. The molecule has 0 amide bonds. The molecule has 0 aromatic carbocycles. The molecule has 6 nitrogen and oxygen atoms in total. The highest BCUT2D eigenvalue weighted by Gasteiger charge is 2.13. The number of anilines is 2. The van der Waals surface area contributed by atoms with E-state index in [4.69, 9.17) is 0 Å². The van der Waals surface area contributed by atoms with E-state index >= 15 is 0 Å². The van der Waals surface area contributed by atoms with E-state index in [1.54, 1.807) is 6.20 Å². The molecule has 0 saturated carbocycles. The number of imidazole rings is 1. The number of rotatable bonds is 3. The summed E-state index contributed by atoms with van der Waals surface area (Å²) in [4.78, 5) is 16.5. The molecule has 0 fully saturated rings. The molecule has 4 rings (SSSR count). The molecule has 0 radical (unpaired) electrons. The monoisotopic (exact) mass is 304 g/mol. The lowest BCUT2D eigenvalue weighted by Gasteiger charge is -2.04. The fraction of sp³-hybridized carbons (Fsp3) is 0.118. The van der Waals surface area contributed by atoms with Crippen LogP contribution in [0.3, 0.4) is 0 Å². The van der Waals surface area contributed by atoms with Crippen LogP contribution in [0.4, 0.5) is 11.6 Å². The summed E-state index contributed by atoms with van der Waals surface area (Å²) in [7, 11) is 0. The summed E-state index contributed by atoms with van der Waals surface area (Å²) >= 11 is 0. The lowest BCUT2D eigenvalue weighted by molar-refractivity contribution is 1.11. The molecule has 0 spiro atoms. The number of nitrogens with zero attached hydrogens (tertiary/aromatic N) is 4. The minimum Gasteiger partial charge on any atom is -0.340 e. The van der Waals surface area contributed by atoms with Gasteiger partial charge in [0.1, 0.15) is 11.6 Å². The maximum absolute atomic E-state index is 4.49. The van der Waals surface area contributed by atoms with Crippen LogP contribution >= 0.6 is 0 Å². The van der Waals surface area contributed by atoms with E-state index in [0.717, 1.165) is 34.3 Å². The molecule has 2 N–H and O–H groups in total. The Morgan fingerprint density at radius 3 is 2.83 bits per heavy atom. The van der Waals surface area contributed by atoms with Gasteiger partial charge < -0.3 is 10.3 Å². The van der Waals surface area contributed by atoms with Crippen molar-refractivity contribution < 1.29 is 0 Å². The van der Waals surface area contributed by atoms with Crippen molar-refractivity contribution in [3.8, 4) is 11.4 Å². The van der Waals surface area contributed by atoms with E-state index in [-0.39, 0.29) is 0 Å². The molecule has 23 heavy (non-hydrogen) atoms. The number of hydrogen-bond donors (Lipinski definition) is 2. The Kier molecular flexibility index (Phi) is 3.08. The quantitative estimate of drug-likeness (QED) is 0.608. The summed E-state index contributed by atoms with van der Waals surface area (Å²) in [5.74, 6) is 2.39. The first kappa shape index (κ1) is 13.5. The number of fused-ring (bicyclic) bond motifs is 1. The topological polar surface area (TPSA) is 70.9 Å². The smallest absolute Gasteiger partial charge is 0.234 e. The summed E-state index contributed by atoms with van der Waals surface area (Å²) in [5, 5.41) is 3.27. The van der Waals surface area contributed by atoms with Gasteiger partial charge in [-0.1, -0.05) is 6.07 Å². The zero-order chi connectivity index (χ0) is 15.8. The first-order valence-corrected chi connectivity index (χ1v) is 7.39. The van der Waals surface area contributed by atoms with Crippen molar-refractivity contribution in [2.24, 2.45) is 0 Å². The Morgan fingerprint density at radius 1 is 1.09 bits per heavy atom. The summed E-state index contributed by atoms with van der Waals surface area (Å²) in [6.07, 6.45) is 5.55. The Labute approximate surface area is 133 Å². The third-order valence-corrected chi connectivity index (χ3v) is 3.69. The van der Waals surface area contributed by atoms with Gasteiger partial charge in [0.2, 0.25) is 5.78 Å². The van der Waals surface area contributed by atoms with Crippen LogP contribution in [0.2, 0.25) is 0 Å². The molecule has 0 aliphatic carbocycles. The Hall–Kier alpha value is -3.15. The molecule has 114 valence electrons. The van der Waals surface area contributed by atoms with Gasteiger partial charge in [0.25, 0.3) is 0 Å². The number of hydrogen-bond acceptors (Lipinski definition) is 4. The Morgan fingerprint density at radius 2 is 2.00 bits per heavy atom. The summed E-state index contributed by atoms with van der Waals surface area (Å²) < 4.78 is 1.98. The molecule has 4 aromatic rings. The van der Waals surface area contributed by atoms with Gasteiger partial charge in [0.15, 0.2) is 0 Å². The SMILES string of the molecule is Cc1ccc(Nc2ccc(-c3c(C)nc4ncccn34)[nH]2)nc1. The van der Waals surface area contributed by atoms with Crippen LogP contribution in [0.5, 0.6) is 0 Å². The molecule has 4 aromatic heterocycles. The van der Waals surface area contributed by atoms with Crippen LogP contribution in [-0.2, 0) is 0 Å². The van der Waals surface area contributed by atoms with Gasteiger partial charge in [-0.2, -0.15) is 0 Å². The number of aryl methyl sites for hydroxylation is 2. The van der Waals surface area contributed by atoms with Crippen molar-refractivity contribution in [1.82, 2.24) is 24.3 Å². The highest BCUT2D eigenvalue weighted by Crippen LogP contribution is 2.25. The van der Waals surface area contributed by atoms with Gasteiger partial charge in [-0.25, -0.2) is 15.0 Å². The second-order valence-corrected chi connectivity index (χ2v) is 5.47. The molecule has 0 aliphatic heterocycles. The molecule has 0 unspecified atom stereocenters. The largest absolute Gasteiger partial charge is 0.340 e. The highest BCUT2D eigenvalue weighted by molar-refractivity contribution is 5.67. The highest BCUT2D eigenvalue weighted by atomic mass is 15.1. The van der Waals surface area contributed by atoms with E-state index in [2.05, 4.69) is 25.3 Å². The Bertz CT molecular complexity index is 964. The van der Waals surface area contributed by atoms with Gasteiger partial charge in [0.05, 0.1) is 17.1 Å².